The molecule has 0 heterocycles. The van der Waals surface area contributed by atoms with Gasteiger partial charge >= 0.3 is 6.18 Å². The molecule has 0 radical (unpaired) electrons. The number of nitrogens with two attached hydrogens (primary N) is 1. The summed E-state index contributed by atoms with van der Waals surface area (Å²) < 4.78 is 37.9. The molecule has 0 fully saturated rings. The fourth-order valence-electron chi connectivity index (χ4n) is 1.41. The Morgan fingerprint density at radius 3 is 2.45 bits per heavy atom. The zero-order valence-corrected chi connectivity index (χ0v) is 12.3. The van der Waals surface area contributed by atoms with Gasteiger partial charge in [0.1, 0.15) is 0 Å². The van der Waals surface area contributed by atoms with Crippen LogP contribution in [-0.4, -0.2) is 23.5 Å². The third-order valence-electron chi connectivity index (χ3n) is 2.85. The van der Waals surface area contributed by atoms with Gasteiger partial charge in [-0.25, -0.2) is 0 Å². The Morgan fingerprint density at radius 2 is 1.95 bits per heavy atom. The Labute approximate surface area is 120 Å². The lowest BCUT2D eigenvalue weighted by atomic mass is 10.1. The van der Waals surface area contributed by atoms with Crippen LogP contribution in [0.2, 0.25) is 0 Å². The number of hydrogen-bond acceptors (Lipinski definition) is 3. The SMILES string of the molecule is CSC(C)(C)CNC(=O)c1ccc(N)c(C(F)(F)F)c1. The Balaban J connectivity index is 2.90. The van der Waals surface area contributed by atoms with E-state index >= 15 is 0 Å². The van der Waals surface area contributed by atoms with E-state index in [1.807, 2.05) is 20.1 Å². The minimum atomic E-state index is -4.57. The minimum absolute atomic E-state index is 0.0524. The number of amides is 1. The van der Waals surface area contributed by atoms with E-state index in [9.17, 15) is 18.0 Å². The molecule has 112 valence electrons. The molecule has 0 saturated heterocycles. The lowest BCUT2D eigenvalue weighted by Gasteiger charge is -2.22. The second-order valence-corrected chi connectivity index (χ2v) is 6.46. The molecule has 1 amide bonds. The Bertz CT molecular complexity index is 501. The van der Waals surface area contributed by atoms with Crippen molar-refractivity contribution in [2.45, 2.75) is 24.8 Å². The number of nitrogens with one attached hydrogen (secondary N) is 1. The molecule has 20 heavy (non-hydrogen) atoms. The van der Waals surface area contributed by atoms with Crippen LogP contribution in [-0.2, 0) is 6.18 Å². The summed E-state index contributed by atoms with van der Waals surface area (Å²) in [5, 5.41) is 2.62. The van der Waals surface area contributed by atoms with Crippen molar-refractivity contribution in [3.8, 4) is 0 Å². The molecule has 3 N–H and O–H groups in total. The highest BCUT2D eigenvalue weighted by Gasteiger charge is 2.33. The third kappa shape index (κ3) is 4.33. The highest BCUT2D eigenvalue weighted by molar-refractivity contribution is 7.99. The van der Waals surface area contributed by atoms with E-state index in [0.717, 1.165) is 12.1 Å². The van der Waals surface area contributed by atoms with Crippen LogP contribution in [0.15, 0.2) is 18.2 Å². The molecule has 0 atom stereocenters. The van der Waals surface area contributed by atoms with Crippen LogP contribution in [0.3, 0.4) is 0 Å². The standard InChI is InChI=1S/C13H17F3N2OS/c1-12(2,20-3)7-18-11(19)8-4-5-10(17)9(6-8)13(14,15)16/h4-6H,7,17H2,1-3H3,(H,18,19). The maximum atomic E-state index is 12.7. The second-order valence-electron chi connectivity index (χ2n) is 4.95. The highest BCUT2D eigenvalue weighted by Crippen LogP contribution is 2.34. The quantitative estimate of drug-likeness (QED) is 0.840. The molecule has 3 nitrogen and oxygen atoms in total. The van der Waals surface area contributed by atoms with Gasteiger partial charge < -0.3 is 11.1 Å². The van der Waals surface area contributed by atoms with Crippen molar-refractivity contribution in [1.82, 2.24) is 5.32 Å². The predicted molar refractivity (Wildman–Crippen MR) is 75.8 cm³/mol. The van der Waals surface area contributed by atoms with Crippen LogP contribution in [0.4, 0.5) is 18.9 Å². The van der Waals surface area contributed by atoms with Gasteiger partial charge in [0, 0.05) is 22.5 Å². The minimum Gasteiger partial charge on any atom is -0.398 e. The van der Waals surface area contributed by atoms with Crippen LogP contribution in [0, 0.1) is 0 Å². The topological polar surface area (TPSA) is 55.1 Å². The number of carbonyl (C=O) groups is 1. The fourth-order valence-corrected chi connectivity index (χ4v) is 1.63. The predicted octanol–water partition coefficient (Wildman–Crippen LogP) is 3.16. The summed E-state index contributed by atoms with van der Waals surface area (Å²) in [5.74, 6) is -0.544. The average Bonchev–Trinajstić information content (AvgIpc) is 2.35. The summed E-state index contributed by atoms with van der Waals surface area (Å²) in [6.07, 6.45) is -2.67. The first-order valence-electron chi connectivity index (χ1n) is 5.87. The van der Waals surface area contributed by atoms with E-state index < -0.39 is 23.3 Å². The summed E-state index contributed by atoms with van der Waals surface area (Å²) >= 11 is 1.56. The van der Waals surface area contributed by atoms with Crippen molar-refractivity contribution in [1.29, 1.82) is 0 Å². The maximum absolute atomic E-state index is 12.7. The summed E-state index contributed by atoms with van der Waals surface area (Å²) in [7, 11) is 0. The van der Waals surface area contributed by atoms with Crippen molar-refractivity contribution in [3.63, 3.8) is 0 Å². The molecule has 0 unspecified atom stereocenters. The van der Waals surface area contributed by atoms with E-state index in [2.05, 4.69) is 5.32 Å². The third-order valence-corrected chi connectivity index (χ3v) is 4.10. The number of alkyl halides is 3. The summed E-state index contributed by atoms with van der Waals surface area (Å²) in [4.78, 5) is 11.9. The largest absolute Gasteiger partial charge is 0.418 e. The molecule has 7 heteroatoms. The number of carbonyl (C=O) groups excluding carboxylic acids is 1. The fraction of sp³-hybridized carbons (Fsp3) is 0.462. The smallest absolute Gasteiger partial charge is 0.398 e. The van der Waals surface area contributed by atoms with E-state index in [0.29, 0.717) is 6.54 Å². The van der Waals surface area contributed by atoms with Crippen LogP contribution in [0.25, 0.3) is 0 Å². The van der Waals surface area contributed by atoms with Gasteiger partial charge in [-0.2, -0.15) is 24.9 Å². The van der Waals surface area contributed by atoms with Crippen molar-refractivity contribution in [2.75, 3.05) is 18.5 Å². The molecule has 0 spiro atoms. The van der Waals surface area contributed by atoms with Gasteiger partial charge in [0.05, 0.1) is 5.56 Å². The molecule has 0 aliphatic heterocycles. The second kappa shape index (κ2) is 5.95. The van der Waals surface area contributed by atoms with E-state index in [1.165, 1.54) is 6.07 Å². The Kier molecular flexibility index (Phi) is 4.96. The molecule has 0 bridgehead atoms. The number of nitrogen functional groups attached to an aromatic ring is 1. The highest BCUT2D eigenvalue weighted by atomic mass is 32.2. The van der Waals surface area contributed by atoms with Gasteiger partial charge in [-0.05, 0) is 38.3 Å². The molecule has 1 rings (SSSR count). The summed E-state index contributed by atoms with van der Waals surface area (Å²) in [6.45, 7) is 4.23. The van der Waals surface area contributed by atoms with E-state index in [4.69, 9.17) is 5.73 Å². The lowest BCUT2D eigenvalue weighted by Crippen LogP contribution is -2.36. The van der Waals surface area contributed by atoms with Crippen molar-refractivity contribution in [2.24, 2.45) is 0 Å². The molecule has 0 aliphatic carbocycles. The van der Waals surface area contributed by atoms with Gasteiger partial charge in [0.15, 0.2) is 0 Å². The van der Waals surface area contributed by atoms with E-state index in [1.54, 1.807) is 11.8 Å². The average molecular weight is 306 g/mol. The van der Waals surface area contributed by atoms with Gasteiger partial charge in [-0.3, -0.25) is 4.79 Å². The van der Waals surface area contributed by atoms with Crippen molar-refractivity contribution in [3.05, 3.63) is 29.3 Å². The van der Waals surface area contributed by atoms with Crippen LogP contribution in [0.5, 0.6) is 0 Å². The summed E-state index contributed by atoms with van der Waals surface area (Å²) in [6, 6.07) is 3.15. The first kappa shape index (κ1) is 16.7. The first-order chi connectivity index (χ1) is 9.07. The normalized spacial score (nSPS) is 12.3. The molecule has 1 aromatic rings. The van der Waals surface area contributed by atoms with Crippen LogP contribution >= 0.6 is 11.8 Å². The Morgan fingerprint density at radius 1 is 1.35 bits per heavy atom. The van der Waals surface area contributed by atoms with Crippen molar-refractivity contribution < 1.29 is 18.0 Å². The molecule has 0 aliphatic rings. The monoisotopic (exact) mass is 306 g/mol. The number of rotatable bonds is 4. The zero-order chi connectivity index (χ0) is 15.6. The number of hydrogen-bond donors (Lipinski definition) is 2. The summed E-state index contributed by atoms with van der Waals surface area (Å²) in [5.41, 5.74) is 3.85. The number of anilines is 1. The molecule has 1 aromatic carbocycles. The number of halogens is 3. The van der Waals surface area contributed by atoms with Gasteiger partial charge in [0.2, 0.25) is 0 Å². The van der Waals surface area contributed by atoms with Gasteiger partial charge in [0.25, 0.3) is 5.91 Å². The Hall–Kier alpha value is -1.37. The maximum Gasteiger partial charge on any atom is 0.418 e. The van der Waals surface area contributed by atoms with Crippen LogP contribution in [0.1, 0.15) is 29.8 Å². The van der Waals surface area contributed by atoms with E-state index in [-0.39, 0.29) is 10.3 Å². The zero-order valence-electron chi connectivity index (χ0n) is 11.5. The molecule has 0 saturated carbocycles. The van der Waals surface area contributed by atoms with Gasteiger partial charge in [-0.1, -0.05) is 0 Å². The molecular formula is C13H17F3N2OS. The lowest BCUT2D eigenvalue weighted by molar-refractivity contribution is -0.136. The van der Waals surface area contributed by atoms with Gasteiger partial charge in [-0.15, -0.1) is 0 Å². The van der Waals surface area contributed by atoms with Crippen LogP contribution < -0.4 is 11.1 Å². The molecule has 0 aromatic heterocycles. The first-order valence-corrected chi connectivity index (χ1v) is 7.09. The number of thioether (sulfide) groups is 1. The molecular weight excluding hydrogens is 289 g/mol. The van der Waals surface area contributed by atoms with Crippen molar-refractivity contribution >= 4 is 23.4 Å². The number of benzene rings is 1.